The van der Waals surface area contributed by atoms with E-state index in [0.717, 1.165) is 17.6 Å². The first-order valence-corrected chi connectivity index (χ1v) is 4.61. The molecular formula is C13H22ClN. The summed E-state index contributed by atoms with van der Waals surface area (Å²) in [5.74, 6) is 0. The number of nitrogens with zero attached hydrogens (tertiary/aromatic N) is 1. The van der Waals surface area contributed by atoms with Crippen LogP contribution in [-0.2, 0) is 6.54 Å². The molecule has 0 aliphatic rings. The molecule has 1 aromatic rings. The zero-order chi connectivity index (χ0) is 9.73. The van der Waals surface area contributed by atoms with Crippen LogP contribution in [0.5, 0.6) is 0 Å². The molecule has 15 heavy (non-hydrogen) atoms. The van der Waals surface area contributed by atoms with Crippen molar-refractivity contribution in [3.8, 4) is 0 Å². The Kier molecular flexibility index (Phi) is 8.31. The molecule has 0 saturated carbocycles. The van der Waals surface area contributed by atoms with Crippen LogP contribution in [0.4, 0.5) is 0 Å². The van der Waals surface area contributed by atoms with Gasteiger partial charge in [-0.2, -0.15) is 0 Å². The highest BCUT2D eigenvalue weighted by Gasteiger charge is 2.12. The van der Waals surface area contributed by atoms with Crippen molar-refractivity contribution in [1.82, 2.24) is 0 Å². The Balaban J connectivity index is 0. The molecule has 0 heterocycles. The summed E-state index contributed by atoms with van der Waals surface area (Å²) in [5.41, 5.74) is 1.38. The number of likely N-dealkylation sites (N-methyl/N-ethyl adjacent to an activating group) is 1. The Morgan fingerprint density at radius 2 is 1.73 bits per heavy atom. The van der Waals surface area contributed by atoms with Crippen molar-refractivity contribution in [2.75, 3.05) is 20.6 Å². The maximum absolute atomic E-state index is 3.77. The zero-order valence-corrected chi connectivity index (χ0v) is 9.67. The molecule has 0 bridgehead atoms. The zero-order valence-electron chi connectivity index (χ0n) is 8.91. The molecule has 1 rings (SSSR count). The normalized spacial score (nSPS) is 9.73. The predicted octanol–water partition coefficient (Wildman–Crippen LogP) is 0.0891. The molecule has 86 valence electrons. The summed E-state index contributed by atoms with van der Waals surface area (Å²) in [5, 5.41) is 0. The monoisotopic (exact) mass is 227 g/mol. The summed E-state index contributed by atoms with van der Waals surface area (Å²) in [6.07, 6.45) is 1.98. The third-order valence-corrected chi connectivity index (χ3v) is 2.08. The Morgan fingerprint density at radius 1 is 1.20 bits per heavy atom. The van der Waals surface area contributed by atoms with Crippen molar-refractivity contribution >= 4 is 0 Å². The van der Waals surface area contributed by atoms with Crippen LogP contribution in [-0.4, -0.2) is 25.1 Å². The van der Waals surface area contributed by atoms with Gasteiger partial charge in [0.05, 0.1) is 20.6 Å². The Hall–Kier alpha value is -0.790. The number of quaternary nitrogens is 1. The minimum absolute atomic E-state index is 0. The van der Waals surface area contributed by atoms with Crippen LogP contribution in [0, 0.1) is 0 Å². The summed E-state index contributed by atoms with van der Waals surface area (Å²) < 4.78 is 0.966. The van der Waals surface area contributed by atoms with E-state index in [2.05, 4.69) is 51.0 Å². The molecule has 0 saturated heterocycles. The second-order valence-corrected chi connectivity index (χ2v) is 4.05. The highest BCUT2D eigenvalue weighted by molar-refractivity contribution is 5.13. The molecule has 0 aliphatic carbocycles. The van der Waals surface area contributed by atoms with Crippen LogP contribution in [0.2, 0.25) is 0 Å². The van der Waals surface area contributed by atoms with Crippen molar-refractivity contribution in [3.63, 3.8) is 0 Å². The molecule has 0 fully saturated rings. The van der Waals surface area contributed by atoms with Gasteiger partial charge in [-0.15, -0.1) is 0 Å². The maximum Gasteiger partial charge on any atom is 0.104 e. The highest BCUT2D eigenvalue weighted by Crippen LogP contribution is 2.08. The number of rotatable bonds is 4. The first-order valence-electron chi connectivity index (χ1n) is 4.61. The van der Waals surface area contributed by atoms with Crippen molar-refractivity contribution in [1.29, 1.82) is 0 Å². The molecule has 0 unspecified atom stereocenters. The molecule has 1 aromatic carbocycles. The third-order valence-electron chi connectivity index (χ3n) is 2.08. The second kappa shape index (κ2) is 7.49. The topological polar surface area (TPSA) is 0 Å². The van der Waals surface area contributed by atoms with E-state index in [-0.39, 0.29) is 19.8 Å². The van der Waals surface area contributed by atoms with Gasteiger partial charge in [0, 0.05) is 5.56 Å². The lowest BCUT2D eigenvalue weighted by atomic mass is 10.2. The van der Waals surface area contributed by atoms with Gasteiger partial charge in [0.25, 0.3) is 0 Å². The van der Waals surface area contributed by atoms with Gasteiger partial charge in [-0.3, -0.25) is 0 Å². The molecule has 0 spiro atoms. The van der Waals surface area contributed by atoms with Gasteiger partial charge in [0.2, 0.25) is 0 Å². The number of hydrogen-bond acceptors (Lipinski definition) is 0. The standard InChI is InChI=1S/C12H18N.CH4.ClH/c1-4-10-13(2,3)11-12-8-6-5-7-9-12;;/h4-9H,1,10-11H2,2-3H3;1H4;1H/q+1;;/p-1. The Labute approximate surface area is 100 Å². The SMILES string of the molecule is C.C=CC[N+](C)(C)Cc1ccccc1.[Cl-]. The molecule has 0 aliphatic heterocycles. The average molecular weight is 228 g/mol. The van der Waals surface area contributed by atoms with Gasteiger partial charge in [0.1, 0.15) is 6.54 Å². The Bertz CT molecular complexity index is 267. The summed E-state index contributed by atoms with van der Waals surface area (Å²) in [4.78, 5) is 0. The molecule has 1 nitrogen and oxygen atoms in total. The molecule has 0 atom stereocenters. The van der Waals surface area contributed by atoms with Gasteiger partial charge < -0.3 is 16.9 Å². The lowest BCUT2D eigenvalue weighted by Crippen LogP contribution is -3.00. The molecule has 0 N–H and O–H groups in total. The molecule has 2 heteroatoms. The largest absolute Gasteiger partial charge is 1.00 e. The summed E-state index contributed by atoms with van der Waals surface area (Å²) >= 11 is 0. The van der Waals surface area contributed by atoms with Crippen LogP contribution >= 0.6 is 0 Å². The summed E-state index contributed by atoms with van der Waals surface area (Å²) in [7, 11) is 4.43. The maximum atomic E-state index is 3.77. The predicted molar refractivity (Wildman–Crippen MR) is 64.0 cm³/mol. The van der Waals surface area contributed by atoms with Crippen molar-refractivity contribution < 1.29 is 16.9 Å². The van der Waals surface area contributed by atoms with Gasteiger partial charge in [-0.1, -0.05) is 44.3 Å². The Morgan fingerprint density at radius 3 is 2.20 bits per heavy atom. The molecule has 0 amide bonds. The fourth-order valence-corrected chi connectivity index (χ4v) is 1.49. The van der Waals surface area contributed by atoms with Crippen LogP contribution in [0.3, 0.4) is 0 Å². The van der Waals surface area contributed by atoms with Gasteiger partial charge in [-0.05, 0) is 6.08 Å². The first-order chi connectivity index (χ1) is 6.14. The molecule has 0 radical (unpaired) electrons. The van der Waals surface area contributed by atoms with Crippen molar-refractivity contribution in [2.45, 2.75) is 14.0 Å². The summed E-state index contributed by atoms with van der Waals surface area (Å²) in [6.45, 7) is 5.84. The third kappa shape index (κ3) is 6.32. The van der Waals surface area contributed by atoms with Crippen LogP contribution in [0.15, 0.2) is 43.0 Å². The molecular weight excluding hydrogens is 206 g/mol. The van der Waals surface area contributed by atoms with Crippen molar-refractivity contribution in [3.05, 3.63) is 48.6 Å². The smallest absolute Gasteiger partial charge is 0.104 e. The van der Waals surface area contributed by atoms with E-state index < -0.39 is 0 Å². The fraction of sp³-hybridized carbons (Fsp3) is 0.385. The van der Waals surface area contributed by atoms with E-state index in [4.69, 9.17) is 0 Å². The van der Waals surface area contributed by atoms with Crippen LogP contribution in [0.1, 0.15) is 13.0 Å². The van der Waals surface area contributed by atoms with E-state index in [1.165, 1.54) is 5.56 Å². The van der Waals surface area contributed by atoms with E-state index in [9.17, 15) is 0 Å². The number of hydrogen-bond donors (Lipinski definition) is 0. The minimum Gasteiger partial charge on any atom is -1.00 e. The quantitative estimate of drug-likeness (QED) is 0.505. The fourth-order valence-electron chi connectivity index (χ4n) is 1.49. The minimum atomic E-state index is 0. The highest BCUT2D eigenvalue weighted by atomic mass is 35.5. The van der Waals surface area contributed by atoms with Gasteiger partial charge in [-0.25, -0.2) is 0 Å². The average Bonchev–Trinajstić information content (AvgIpc) is 2.04. The van der Waals surface area contributed by atoms with E-state index in [0.29, 0.717) is 0 Å². The summed E-state index contributed by atoms with van der Waals surface area (Å²) in [6, 6.07) is 10.6. The van der Waals surface area contributed by atoms with Crippen molar-refractivity contribution in [2.24, 2.45) is 0 Å². The first kappa shape index (κ1) is 16.6. The van der Waals surface area contributed by atoms with E-state index >= 15 is 0 Å². The lowest BCUT2D eigenvalue weighted by molar-refractivity contribution is -0.897. The second-order valence-electron chi connectivity index (χ2n) is 4.05. The van der Waals surface area contributed by atoms with Crippen LogP contribution in [0.25, 0.3) is 0 Å². The van der Waals surface area contributed by atoms with Gasteiger partial charge in [0.15, 0.2) is 0 Å². The van der Waals surface area contributed by atoms with E-state index in [1.54, 1.807) is 0 Å². The van der Waals surface area contributed by atoms with Gasteiger partial charge >= 0.3 is 0 Å². The lowest BCUT2D eigenvalue weighted by Gasteiger charge is -2.28. The molecule has 0 aromatic heterocycles. The number of benzene rings is 1. The van der Waals surface area contributed by atoms with E-state index in [1.807, 2.05) is 6.08 Å². The van der Waals surface area contributed by atoms with Crippen LogP contribution < -0.4 is 12.4 Å². The number of halogens is 1.